The molecule has 0 spiro atoms. The number of carbonyl (C=O) groups excluding carboxylic acids is 1. The second-order valence-corrected chi connectivity index (χ2v) is 5.45. The van der Waals surface area contributed by atoms with Gasteiger partial charge in [-0.3, -0.25) is 4.79 Å². The summed E-state index contributed by atoms with van der Waals surface area (Å²) in [6.07, 6.45) is 0. The number of amidine groups is 1. The van der Waals surface area contributed by atoms with Crippen molar-refractivity contribution < 1.29 is 10.0 Å². The van der Waals surface area contributed by atoms with E-state index < -0.39 is 5.41 Å². The van der Waals surface area contributed by atoms with E-state index in [0.717, 1.165) is 5.56 Å². The topological polar surface area (TPSA) is 87.7 Å². The summed E-state index contributed by atoms with van der Waals surface area (Å²) in [6.45, 7) is 5.63. The monoisotopic (exact) mass is 283 g/mol. The Morgan fingerprint density at radius 2 is 2.16 bits per heavy atom. The number of hydrogen-bond donors (Lipinski definition) is 3. The van der Waals surface area contributed by atoms with Gasteiger partial charge in [0.15, 0.2) is 0 Å². The van der Waals surface area contributed by atoms with Crippen LogP contribution in [0, 0.1) is 12.3 Å². The van der Waals surface area contributed by atoms with Crippen LogP contribution < -0.4 is 11.1 Å². The molecule has 1 aromatic carbocycles. The van der Waals surface area contributed by atoms with E-state index in [2.05, 4.69) is 10.5 Å². The highest BCUT2D eigenvalue weighted by atomic mass is 35.5. The van der Waals surface area contributed by atoms with Crippen molar-refractivity contribution in [3.63, 3.8) is 0 Å². The number of carbonyl (C=O) groups is 1. The van der Waals surface area contributed by atoms with Gasteiger partial charge in [-0.05, 0) is 30.7 Å². The summed E-state index contributed by atoms with van der Waals surface area (Å²) in [5.74, 6) is -0.145. The molecule has 0 aromatic heterocycles. The van der Waals surface area contributed by atoms with Gasteiger partial charge in [-0.2, -0.15) is 0 Å². The maximum Gasteiger partial charge on any atom is 0.251 e. The maximum absolute atomic E-state index is 12.0. The second kappa shape index (κ2) is 5.93. The number of amides is 1. The van der Waals surface area contributed by atoms with Gasteiger partial charge in [-0.1, -0.05) is 30.6 Å². The summed E-state index contributed by atoms with van der Waals surface area (Å²) >= 11 is 5.84. The van der Waals surface area contributed by atoms with Gasteiger partial charge in [0.25, 0.3) is 5.91 Å². The summed E-state index contributed by atoms with van der Waals surface area (Å²) in [7, 11) is 0. The first-order valence-electron chi connectivity index (χ1n) is 5.80. The van der Waals surface area contributed by atoms with E-state index in [1.54, 1.807) is 32.0 Å². The van der Waals surface area contributed by atoms with Crippen molar-refractivity contribution in [1.29, 1.82) is 0 Å². The van der Waals surface area contributed by atoms with Crippen molar-refractivity contribution in [2.24, 2.45) is 16.3 Å². The molecule has 0 bridgehead atoms. The van der Waals surface area contributed by atoms with Gasteiger partial charge >= 0.3 is 0 Å². The van der Waals surface area contributed by atoms with Crippen molar-refractivity contribution >= 4 is 23.3 Å². The van der Waals surface area contributed by atoms with Crippen LogP contribution in [0.15, 0.2) is 23.4 Å². The lowest BCUT2D eigenvalue weighted by atomic mass is 9.92. The van der Waals surface area contributed by atoms with Gasteiger partial charge in [0.05, 0.1) is 0 Å². The number of halogens is 1. The molecule has 0 fully saturated rings. The first-order chi connectivity index (χ1) is 8.77. The molecule has 0 saturated carbocycles. The standard InChI is InChI=1S/C13H18ClN3O2/c1-8-6-9(14)4-5-10(8)11(18)16-7-13(2,3)12(15)17-19/h4-6,19H,7H2,1-3H3,(H2,15,17)(H,16,18). The van der Waals surface area contributed by atoms with Crippen LogP contribution in [0.5, 0.6) is 0 Å². The van der Waals surface area contributed by atoms with Crippen LogP contribution in [0.2, 0.25) is 5.02 Å². The Labute approximate surface area is 117 Å². The van der Waals surface area contributed by atoms with E-state index in [1.165, 1.54) is 0 Å². The zero-order chi connectivity index (χ0) is 14.6. The first kappa shape index (κ1) is 15.3. The molecule has 0 heterocycles. The minimum absolute atomic E-state index is 0.0700. The molecule has 5 nitrogen and oxygen atoms in total. The summed E-state index contributed by atoms with van der Waals surface area (Å²) in [5, 5.41) is 15.0. The molecule has 0 radical (unpaired) electrons. The fraction of sp³-hybridized carbons (Fsp3) is 0.385. The van der Waals surface area contributed by atoms with E-state index in [1.807, 2.05) is 6.92 Å². The highest BCUT2D eigenvalue weighted by molar-refractivity contribution is 6.30. The van der Waals surface area contributed by atoms with Crippen molar-refractivity contribution in [3.05, 3.63) is 34.3 Å². The molecule has 0 saturated heterocycles. The Morgan fingerprint density at radius 1 is 1.53 bits per heavy atom. The Balaban J connectivity index is 2.76. The van der Waals surface area contributed by atoms with E-state index in [-0.39, 0.29) is 18.3 Å². The van der Waals surface area contributed by atoms with Gasteiger partial charge < -0.3 is 16.3 Å². The quantitative estimate of drug-likeness (QED) is 0.342. The summed E-state index contributed by atoms with van der Waals surface area (Å²) < 4.78 is 0. The zero-order valence-electron chi connectivity index (χ0n) is 11.2. The average Bonchev–Trinajstić information content (AvgIpc) is 2.35. The number of nitrogens with zero attached hydrogens (tertiary/aromatic N) is 1. The molecule has 0 atom stereocenters. The Hall–Kier alpha value is -1.75. The number of nitrogens with one attached hydrogen (secondary N) is 1. The lowest BCUT2D eigenvalue weighted by molar-refractivity contribution is 0.0943. The molecule has 1 amide bonds. The Morgan fingerprint density at radius 3 is 2.68 bits per heavy atom. The molecule has 0 aliphatic heterocycles. The van der Waals surface area contributed by atoms with Gasteiger partial charge in [0, 0.05) is 22.5 Å². The molecule has 0 unspecified atom stereocenters. The van der Waals surface area contributed by atoms with Gasteiger partial charge in [0.2, 0.25) is 0 Å². The largest absolute Gasteiger partial charge is 0.409 e. The van der Waals surface area contributed by atoms with Crippen LogP contribution in [-0.2, 0) is 0 Å². The minimum atomic E-state index is -0.620. The molecular weight excluding hydrogens is 266 g/mol. The molecule has 104 valence electrons. The molecule has 0 aliphatic rings. The molecule has 6 heteroatoms. The highest BCUT2D eigenvalue weighted by Gasteiger charge is 2.24. The summed E-state index contributed by atoms with van der Waals surface area (Å²) in [4.78, 5) is 12.0. The van der Waals surface area contributed by atoms with Crippen molar-refractivity contribution in [2.45, 2.75) is 20.8 Å². The first-order valence-corrected chi connectivity index (χ1v) is 6.18. The molecule has 1 aromatic rings. The van der Waals surface area contributed by atoms with E-state index in [0.29, 0.717) is 10.6 Å². The Bertz CT molecular complexity index is 513. The predicted octanol–water partition coefficient (Wildman–Crippen LogP) is 2.15. The lowest BCUT2D eigenvalue weighted by Crippen LogP contribution is -2.42. The van der Waals surface area contributed by atoms with Crippen molar-refractivity contribution in [2.75, 3.05) is 6.54 Å². The predicted molar refractivity (Wildman–Crippen MR) is 75.7 cm³/mol. The molecule has 4 N–H and O–H groups in total. The van der Waals surface area contributed by atoms with Crippen LogP contribution in [0.25, 0.3) is 0 Å². The lowest BCUT2D eigenvalue weighted by Gasteiger charge is -2.23. The fourth-order valence-corrected chi connectivity index (χ4v) is 1.73. The number of oxime groups is 1. The van der Waals surface area contributed by atoms with Crippen LogP contribution in [-0.4, -0.2) is 23.5 Å². The molecule has 1 rings (SSSR count). The summed E-state index contributed by atoms with van der Waals surface area (Å²) in [6, 6.07) is 5.06. The number of aryl methyl sites for hydroxylation is 1. The van der Waals surface area contributed by atoms with E-state index in [4.69, 9.17) is 22.5 Å². The number of rotatable bonds is 4. The van der Waals surface area contributed by atoms with E-state index >= 15 is 0 Å². The Kier molecular flexibility index (Phi) is 4.78. The fourth-order valence-electron chi connectivity index (χ4n) is 1.50. The number of benzene rings is 1. The van der Waals surface area contributed by atoms with Crippen LogP contribution in [0.3, 0.4) is 0 Å². The van der Waals surface area contributed by atoms with Crippen LogP contribution in [0.4, 0.5) is 0 Å². The van der Waals surface area contributed by atoms with Crippen molar-refractivity contribution in [1.82, 2.24) is 5.32 Å². The molecule has 0 aliphatic carbocycles. The van der Waals surface area contributed by atoms with Gasteiger partial charge in [-0.15, -0.1) is 0 Å². The van der Waals surface area contributed by atoms with Crippen molar-refractivity contribution in [3.8, 4) is 0 Å². The number of nitrogens with two attached hydrogens (primary N) is 1. The smallest absolute Gasteiger partial charge is 0.251 e. The maximum atomic E-state index is 12.0. The molecule has 19 heavy (non-hydrogen) atoms. The normalized spacial score (nSPS) is 12.3. The third kappa shape index (κ3) is 3.86. The van der Waals surface area contributed by atoms with Crippen LogP contribution >= 0.6 is 11.6 Å². The SMILES string of the molecule is Cc1cc(Cl)ccc1C(=O)NCC(C)(C)/C(N)=N/O. The van der Waals surface area contributed by atoms with Gasteiger partial charge in [-0.25, -0.2) is 0 Å². The summed E-state index contributed by atoms with van der Waals surface area (Å²) in [5.41, 5.74) is 6.29. The zero-order valence-corrected chi connectivity index (χ0v) is 12.0. The number of hydrogen-bond acceptors (Lipinski definition) is 3. The highest BCUT2D eigenvalue weighted by Crippen LogP contribution is 2.17. The molecular formula is C13H18ClN3O2. The van der Waals surface area contributed by atoms with E-state index in [9.17, 15) is 4.79 Å². The third-order valence-corrected chi connectivity index (χ3v) is 3.16. The minimum Gasteiger partial charge on any atom is -0.409 e. The van der Waals surface area contributed by atoms with Gasteiger partial charge in [0.1, 0.15) is 5.84 Å². The average molecular weight is 284 g/mol. The second-order valence-electron chi connectivity index (χ2n) is 5.01. The third-order valence-electron chi connectivity index (χ3n) is 2.93. The van der Waals surface area contributed by atoms with Crippen LogP contribution in [0.1, 0.15) is 29.8 Å².